The third-order valence-electron chi connectivity index (χ3n) is 3.78. The van der Waals surface area contributed by atoms with E-state index < -0.39 is 0 Å². The first kappa shape index (κ1) is 14.4. The fraction of sp³-hybridized carbons (Fsp3) is 0.625. The average molecular weight is 262 g/mol. The molecule has 2 rings (SSSR count). The monoisotopic (exact) mass is 262 g/mol. The first-order chi connectivity index (χ1) is 9.19. The first-order valence-corrected chi connectivity index (χ1v) is 7.33. The fourth-order valence-electron chi connectivity index (χ4n) is 2.71. The minimum absolute atomic E-state index is 0.630. The number of hydrogen-bond acceptors (Lipinski definition) is 3. The molecule has 1 aromatic carbocycles. The molecule has 1 N–H and O–H groups in total. The van der Waals surface area contributed by atoms with Gasteiger partial charge in [0, 0.05) is 25.7 Å². The number of nitrogens with zero attached hydrogens (tertiary/aromatic N) is 1. The summed E-state index contributed by atoms with van der Waals surface area (Å²) >= 11 is 0. The number of nitrogens with one attached hydrogen (secondary N) is 1. The molecule has 1 aromatic rings. The largest absolute Gasteiger partial charge is 0.494 e. The quantitative estimate of drug-likeness (QED) is 0.880. The zero-order valence-corrected chi connectivity index (χ0v) is 12.4. The molecular formula is C16H26N2O. The van der Waals surface area contributed by atoms with Crippen LogP contribution >= 0.6 is 0 Å². The van der Waals surface area contributed by atoms with E-state index in [2.05, 4.69) is 42.4 Å². The SMILES string of the molecule is CCOc1ccc(CCC2CN(C)CCN2)cc1C. The van der Waals surface area contributed by atoms with Crippen LogP contribution in [0.2, 0.25) is 0 Å². The van der Waals surface area contributed by atoms with Crippen molar-refractivity contribution in [1.82, 2.24) is 10.2 Å². The summed E-state index contributed by atoms with van der Waals surface area (Å²) < 4.78 is 5.58. The summed E-state index contributed by atoms with van der Waals surface area (Å²) in [4.78, 5) is 2.41. The molecule has 0 radical (unpaired) electrons. The van der Waals surface area contributed by atoms with Gasteiger partial charge in [-0.15, -0.1) is 0 Å². The Hall–Kier alpha value is -1.06. The van der Waals surface area contributed by atoms with Crippen molar-refractivity contribution in [3.05, 3.63) is 29.3 Å². The van der Waals surface area contributed by atoms with E-state index in [4.69, 9.17) is 4.74 Å². The van der Waals surface area contributed by atoms with Crippen LogP contribution in [-0.4, -0.2) is 44.2 Å². The molecule has 3 heteroatoms. The number of benzene rings is 1. The molecule has 0 aliphatic carbocycles. The Morgan fingerprint density at radius 3 is 2.95 bits per heavy atom. The van der Waals surface area contributed by atoms with Crippen LogP contribution in [0.5, 0.6) is 5.75 Å². The van der Waals surface area contributed by atoms with Crippen molar-refractivity contribution in [2.24, 2.45) is 0 Å². The molecule has 0 aromatic heterocycles. The summed E-state index contributed by atoms with van der Waals surface area (Å²) in [5, 5.41) is 3.60. The highest BCUT2D eigenvalue weighted by atomic mass is 16.5. The zero-order valence-electron chi connectivity index (χ0n) is 12.4. The minimum Gasteiger partial charge on any atom is -0.494 e. The summed E-state index contributed by atoms with van der Waals surface area (Å²) in [5.74, 6) is 1.02. The maximum absolute atomic E-state index is 5.58. The fourth-order valence-corrected chi connectivity index (χ4v) is 2.71. The van der Waals surface area contributed by atoms with E-state index in [9.17, 15) is 0 Å². The van der Waals surface area contributed by atoms with Crippen molar-refractivity contribution < 1.29 is 4.74 Å². The predicted molar refractivity (Wildman–Crippen MR) is 80.0 cm³/mol. The topological polar surface area (TPSA) is 24.5 Å². The molecule has 0 saturated carbocycles. The third kappa shape index (κ3) is 4.22. The molecule has 1 saturated heterocycles. The van der Waals surface area contributed by atoms with Gasteiger partial charge in [0.05, 0.1) is 6.61 Å². The Kier molecular flexibility index (Phi) is 5.23. The second kappa shape index (κ2) is 6.92. The lowest BCUT2D eigenvalue weighted by Crippen LogP contribution is -2.49. The van der Waals surface area contributed by atoms with E-state index >= 15 is 0 Å². The number of ether oxygens (including phenoxy) is 1. The number of aryl methyl sites for hydroxylation is 2. The molecule has 3 nitrogen and oxygen atoms in total. The van der Waals surface area contributed by atoms with E-state index in [1.165, 1.54) is 24.1 Å². The average Bonchev–Trinajstić information content (AvgIpc) is 2.39. The Bertz CT molecular complexity index is 406. The lowest BCUT2D eigenvalue weighted by atomic mass is 10.0. The summed E-state index contributed by atoms with van der Waals surface area (Å²) in [7, 11) is 2.20. The predicted octanol–water partition coefficient (Wildman–Crippen LogP) is 2.23. The van der Waals surface area contributed by atoms with Gasteiger partial charge in [0.25, 0.3) is 0 Å². The van der Waals surface area contributed by atoms with Crippen molar-refractivity contribution in [2.45, 2.75) is 32.7 Å². The second-order valence-electron chi connectivity index (χ2n) is 5.48. The molecule has 1 heterocycles. The maximum Gasteiger partial charge on any atom is 0.122 e. The van der Waals surface area contributed by atoms with Crippen LogP contribution in [0.25, 0.3) is 0 Å². The number of rotatable bonds is 5. The Labute approximate surface area is 116 Å². The highest BCUT2D eigenvalue weighted by molar-refractivity contribution is 5.36. The molecule has 19 heavy (non-hydrogen) atoms. The molecule has 1 fully saturated rings. The summed E-state index contributed by atoms with van der Waals surface area (Å²) in [6.07, 6.45) is 2.34. The summed E-state index contributed by atoms with van der Waals surface area (Å²) in [6.45, 7) is 8.33. The number of likely N-dealkylation sites (N-methyl/N-ethyl adjacent to an activating group) is 1. The van der Waals surface area contributed by atoms with Crippen LogP contribution in [0.15, 0.2) is 18.2 Å². The Morgan fingerprint density at radius 2 is 2.26 bits per heavy atom. The number of piperazine rings is 1. The van der Waals surface area contributed by atoms with Gasteiger partial charge in [-0.2, -0.15) is 0 Å². The van der Waals surface area contributed by atoms with Gasteiger partial charge in [-0.05, 0) is 50.9 Å². The Balaban J connectivity index is 1.87. The smallest absolute Gasteiger partial charge is 0.122 e. The van der Waals surface area contributed by atoms with Crippen LogP contribution in [0.1, 0.15) is 24.5 Å². The minimum atomic E-state index is 0.630. The van der Waals surface area contributed by atoms with Crippen molar-refractivity contribution >= 4 is 0 Å². The van der Waals surface area contributed by atoms with E-state index in [0.29, 0.717) is 6.04 Å². The molecule has 1 unspecified atom stereocenters. The molecule has 0 amide bonds. The van der Waals surface area contributed by atoms with E-state index in [-0.39, 0.29) is 0 Å². The molecular weight excluding hydrogens is 236 g/mol. The van der Waals surface area contributed by atoms with Gasteiger partial charge < -0.3 is 15.0 Å². The van der Waals surface area contributed by atoms with Crippen molar-refractivity contribution in [2.75, 3.05) is 33.3 Å². The second-order valence-corrected chi connectivity index (χ2v) is 5.48. The lowest BCUT2D eigenvalue weighted by molar-refractivity contribution is 0.232. The summed E-state index contributed by atoms with van der Waals surface area (Å²) in [5.41, 5.74) is 2.66. The van der Waals surface area contributed by atoms with Gasteiger partial charge in [0.1, 0.15) is 5.75 Å². The van der Waals surface area contributed by atoms with Gasteiger partial charge in [-0.3, -0.25) is 0 Å². The highest BCUT2D eigenvalue weighted by Gasteiger charge is 2.15. The van der Waals surface area contributed by atoms with Gasteiger partial charge in [0.2, 0.25) is 0 Å². The Morgan fingerprint density at radius 1 is 1.42 bits per heavy atom. The highest BCUT2D eigenvalue weighted by Crippen LogP contribution is 2.20. The van der Waals surface area contributed by atoms with Crippen LogP contribution in [0.3, 0.4) is 0 Å². The van der Waals surface area contributed by atoms with Gasteiger partial charge >= 0.3 is 0 Å². The van der Waals surface area contributed by atoms with Gasteiger partial charge in [-0.1, -0.05) is 12.1 Å². The van der Waals surface area contributed by atoms with Crippen molar-refractivity contribution in [3.63, 3.8) is 0 Å². The molecule has 0 spiro atoms. The maximum atomic E-state index is 5.58. The normalized spacial score (nSPS) is 20.5. The van der Waals surface area contributed by atoms with Crippen LogP contribution in [-0.2, 0) is 6.42 Å². The summed E-state index contributed by atoms with van der Waals surface area (Å²) in [6, 6.07) is 7.20. The van der Waals surface area contributed by atoms with Crippen LogP contribution in [0.4, 0.5) is 0 Å². The van der Waals surface area contributed by atoms with E-state index in [0.717, 1.165) is 31.9 Å². The standard InChI is InChI=1S/C16H26N2O/c1-4-19-16-8-6-14(11-13(16)2)5-7-15-12-18(3)10-9-17-15/h6,8,11,15,17H,4-5,7,9-10,12H2,1-3H3. The van der Waals surface area contributed by atoms with Crippen LogP contribution in [0, 0.1) is 6.92 Å². The molecule has 1 aliphatic heterocycles. The number of hydrogen-bond donors (Lipinski definition) is 1. The molecule has 1 aliphatic rings. The third-order valence-corrected chi connectivity index (χ3v) is 3.78. The van der Waals surface area contributed by atoms with E-state index in [1.54, 1.807) is 0 Å². The van der Waals surface area contributed by atoms with E-state index in [1.807, 2.05) is 6.92 Å². The lowest BCUT2D eigenvalue weighted by Gasteiger charge is -2.31. The molecule has 1 atom stereocenters. The van der Waals surface area contributed by atoms with Crippen LogP contribution < -0.4 is 10.1 Å². The first-order valence-electron chi connectivity index (χ1n) is 7.33. The zero-order chi connectivity index (χ0) is 13.7. The molecule has 106 valence electrons. The van der Waals surface area contributed by atoms with Gasteiger partial charge in [0.15, 0.2) is 0 Å². The van der Waals surface area contributed by atoms with Crippen molar-refractivity contribution in [1.29, 1.82) is 0 Å². The van der Waals surface area contributed by atoms with Gasteiger partial charge in [-0.25, -0.2) is 0 Å². The van der Waals surface area contributed by atoms with Crippen molar-refractivity contribution in [3.8, 4) is 5.75 Å². The molecule has 0 bridgehead atoms.